The van der Waals surface area contributed by atoms with Gasteiger partial charge in [0, 0.05) is 17.9 Å². The first-order chi connectivity index (χ1) is 11.4. The van der Waals surface area contributed by atoms with Gasteiger partial charge in [0.2, 0.25) is 0 Å². The van der Waals surface area contributed by atoms with Crippen LogP contribution in [0, 0.1) is 17.8 Å². The summed E-state index contributed by atoms with van der Waals surface area (Å²) in [7, 11) is 0. The summed E-state index contributed by atoms with van der Waals surface area (Å²) in [5, 5.41) is 0. The molecule has 142 valence electrons. The number of carbonyl (C=O) groups excluding carboxylic acids is 2. The maximum atomic E-state index is 11.7. The Morgan fingerprint density at radius 1 is 1.04 bits per heavy atom. The standard InChI is InChI=1S/C20H31IO4/c1-19(2,3)24-17(22)12-8-7-10-16(11-9-15-21)13-14-18(23)25-20(4,5)6/h8,12,16H,7,9-11,15H2,1-6H3/b12-8+. The molecule has 5 heteroatoms. The smallest absolute Gasteiger partial charge is 0.384 e. The highest BCUT2D eigenvalue weighted by Gasteiger charge is 2.15. The van der Waals surface area contributed by atoms with Crippen LogP contribution in [0.25, 0.3) is 0 Å². The molecule has 0 spiro atoms. The molecule has 4 nitrogen and oxygen atoms in total. The van der Waals surface area contributed by atoms with Crippen LogP contribution in [0.1, 0.15) is 67.2 Å². The first kappa shape index (κ1) is 24.0. The SMILES string of the molecule is CC(C)(C)OC(=O)C#CC(CC/C=C/C(=O)OC(C)(C)C)CCCI. The quantitative estimate of drug-likeness (QED) is 0.136. The van der Waals surface area contributed by atoms with Gasteiger partial charge < -0.3 is 9.47 Å². The first-order valence-electron chi connectivity index (χ1n) is 8.63. The second-order valence-corrected chi connectivity index (χ2v) is 8.89. The van der Waals surface area contributed by atoms with Gasteiger partial charge in [-0.25, -0.2) is 9.59 Å². The lowest BCUT2D eigenvalue weighted by Crippen LogP contribution is -2.22. The molecule has 0 radical (unpaired) electrons. The van der Waals surface area contributed by atoms with Crippen LogP contribution >= 0.6 is 22.6 Å². The van der Waals surface area contributed by atoms with Crippen molar-refractivity contribution in [1.82, 2.24) is 0 Å². The van der Waals surface area contributed by atoms with Gasteiger partial charge in [0.1, 0.15) is 11.2 Å². The molecule has 0 saturated carbocycles. The first-order valence-corrected chi connectivity index (χ1v) is 10.2. The van der Waals surface area contributed by atoms with Crippen LogP contribution in [-0.4, -0.2) is 27.6 Å². The van der Waals surface area contributed by atoms with Crippen LogP contribution in [0.3, 0.4) is 0 Å². The Balaban J connectivity index is 4.55. The van der Waals surface area contributed by atoms with E-state index in [-0.39, 0.29) is 11.9 Å². The molecule has 0 bridgehead atoms. The van der Waals surface area contributed by atoms with Gasteiger partial charge >= 0.3 is 11.9 Å². The van der Waals surface area contributed by atoms with Crippen molar-refractivity contribution in [3.05, 3.63) is 12.2 Å². The van der Waals surface area contributed by atoms with Gasteiger partial charge in [0.05, 0.1) is 0 Å². The third-order valence-electron chi connectivity index (χ3n) is 2.81. The minimum absolute atomic E-state index is 0.116. The molecule has 1 atom stereocenters. The van der Waals surface area contributed by atoms with Gasteiger partial charge in [-0.15, -0.1) is 0 Å². The van der Waals surface area contributed by atoms with E-state index in [0.717, 1.165) is 23.7 Å². The molecule has 1 unspecified atom stereocenters. The van der Waals surface area contributed by atoms with Gasteiger partial charge in [-0.2, -0.15) is 0 Å². The molecule has 0 saturated heterocycles. The van der Waals surface area contributed by atoms with E-state index in [4.69, 9.17) is 9.47 Å². The molecular weight excluding hydrogens is 431 g/mol. The van der Waals surface area contributed by atoms with Crippen molar-refractivity contribution < 1.29 is 19.1 Å². The van der Waals surface area contributed by atoms with Crippen molar-refractivity contribution in [2.75, 3.05) is 4.43 Å². The van der Waals surface area contributed by atoms with Crippen molar-refractivity contribution in [1.29, 1.82) is 0 Å². The molecule has 0 amide bonds. The number of ether oxygens (including phenoxy) is 2. The van der Waals surface area contributed by atoms with Crippen molar-refractivity contribution in [2.45, 2.75) is 78.4 Å². The normalized spacial score (nSPS) is 13.1. The van der Waals surface area contributed by atoms with Gasteiger partial charge in [-0.05, 0) is 71.7 Å². The molecule has 0 N–H and O–H groups in total. The maximum absolute atomic E-state index is 11.7. The zero-order valence-electron chi connectivity index (χ0n) is 16.3. The number of hydrogen-bond acceptors (Lipinski definition) is 4. The van der Waals surface area contributed by atoms with E-state index in [1.807, 2.05) is 41.5 Å². The van der Waals surface area contributed by atoms with E-state index in [0.29, 0.717) is 6.42 Å². The third kappa shape index (κ3) is 16.2. The van der Waals surface area contributed by atoms with Gasteiger partial charge in [0.25, 0.3) is 0 Å². The van der Waals surface area contributed by atoms with Crippen LogP contribution in [0.4, 0.5) is 0 Å². The van der Waals surface area contributed by atoms with Crippen molar-refractivity contribution in [3.8, 4) is 11.8 Å². The Morgan fingerprint density at radius 2 is 1.64 bits per heavy atom. The second kappa shape index (κ2) is 11.6. The third-order valence-corrected chi connectivity index (χ3v) is 3.57. The number of alkyl halides is 1. The molecule has 0 fully saturated rings. The number of carbonyl (C=O) groups is 2. The summed E-state index contributed by atoms with van der Waals surface area (Å²) in [5.74, 6) is 4.91. The summed E-state index contributed by atoms with van der Waals surface area (Å²) >= 11 is 2.33. The van der Waals surface area contributed by atoms with Crippen LogP contribution in [-0.2, 0) is 19.1 Å². The Morgan fingerprint density at radius 3 is 2.16 bits per heavy atom. The lowest BCUT2D eigenvalue weighted by Gasteiger charge is -2.18. The van der Waals surface area contributed by atoms with E-state index in [2.05, 4.69) is 34.4 Å². The molecule has 0 aromatic heterocycles. The van der Waals surface area contributed by atoms with Crippen LogP contribution < -0.4 is 0 Å². The fourth-order valence-electron chi connectivity index (χ4n) is 1.89. The highest BCUT2D eigenvalue weighted by molar-refractivity contribution is 14.1. The van der Waals surface area contributed by atoms with Gasteiger partial charge in [0.15, 0.2) is 0 Å². The average molecular weight is 462 g/mol. The summed E-state index contributed by atoms with van der Waals surface area (Å²) in [6.07, 6.45) is 6.76. The molecule has 0 aliphatic rings. The topological polar surface area (TPSA) is 52.6 Å². The molecule has 0 rings (SSSR count). The predicted octanol–water partition coefficient (Wildman–Crippen LogP) is 4.84. The van der Waals surface area contributed by atoms with Crippen molar-refractivity contribution in [2.24, 2.45) is 5.92 Å². The number of rotatable bonds is 7. The summed E-state index contributed by atoms with van der Waals surface area (Å²) in [6, 6.07) is 0. The zero-order chi connectivity index (χ0) is 19.5. The van der Waals surface area contributed by atoms with Crippen LogP contribution in [0.5, 0.6) is 0 Å². The Hall–Kier alpha value is -1.03. The fraction of sp³-hybridized carbons (Fsp3) is 0.700. The maximum Gasteiger partial charge on any atom is 0.384 e. The van der Waals surface area contributed by atoms with E-state index in [1.165, 1.54) is 6.08 Å². The van der Waals surface area contributed by atoms with Crippen LogP contribution in [0.2, 0.25) is 0 Å². The predicted molar refractivity (Wildman–Crippen MR) is 109 cm³/mol. The van der Waals surface area contributed by atoms with E-state index >= 15 is 0 Å². The van der Waals surface area contributed by atoms with Gasteiger partial charge in [-0.3, -0.25) is 0 Å². The molecule has 25 heavy (non-hydrogen) atoms. The monoisotopic (exact) mass is 462 g/mol. The van der Waals surface area contributed by atoms with E-state index in [1.54, 1.807) is 6.08 Å². The Bertz CT molecular complexity index is 513. The molecule has 0 aliphatic carbocycles. The minimum Gasteiger partial charge on any atom is -0.457 e. The van der Waals surface area contributed by atoms with Crippen molar-refractivity contribution in [3.63, 3.8) is 0 Å². The Kier molecular flexibility index (Phi) is 11.1. The largest absolute Gasteiger partial charge is 0.457 e. The molecular formula is C20H31IO4. The number of allylic oxidation sites excluding steroid dienone is 1. The van der Waals surface area contributed by atoms with Crippen molar-refractivity contribution >= 4 is 34.5 Å². The summed E-state index contributed by atoms with van der Waals surface area (Å²) in [4.78, 5) is 23.3. The molecule has 0 aliphatic heterocycles. The Labute approximate surface area is 166 Å². The summed E-state index contributed by atoms with van der Waals surface area (Å²) in [5.41, 5.74) is -1.01. The van der Waals surface area contributed by atoms with Gasteiger partial charge in [-0.1, -0.05) is 34.6 Å². The zero-order valence-corrected chi connectivity index (χ0v) is 18.4. The highest BCUT2D eigenvalue weighted by Crippen LogP contribution is 2.15. The summed E-state index contributed by atoms with van der Waals surface area (Å²) in [6.45, 7) is 11.0. The lowest BCUT2D eigenvalue weighted by molar-refractivity contribution is -0.149. The number of esters is 2. The number of hydrogen-bond donors (Lipinski definition) is 0. The van der Waals surface area contributed by atoms with E-state index < -0.39 is 17.2 Å². The average Bonchev–Trinajstić information content (AvgIpc) is 2.41. The lowest BCUT2D eigenvalue weighted by atomic mass is 9.98. The molecule has 0 aromatic rings. The fourth-order valence-corrected chi connectivity index (χ4v) is 2.33. The minimum atomic E-state index is -0.528. The highest BCUT2D eigenvalue weighted by atomic mass is 127. The van der Waals surface area contributed by atoms with E-state index in [9.17, 15) is 9.59 Å². The summed E-state index contributed by atoms with van der Waals surface area (Å²) < 4.78 is 11.5. The molecule has 0 heterocycles. The molecule has 0 aromatic carbocycles. The second-order valence-electron chi connectivity index (χ2n) is 7.81. The number of halogens is 1. The van der Waals surface area contributed by atoms with Crippen LogP contribution in [0.15, 0.2) is 12.2 Å².